The maximum atomic E-state index is 12.0. The molecule has 114 valence electrons. The fourth-order valence-corrected chi connectivity index (χ4v) is 1.86. The topological polar surface area (TPSA) is 55.8 Å². The molecule has 2 aromatic carbocycles. The van der Waals surface area contributed by atoms with E-state index in [2.05, 4.69) is 0 Å². The van der Waals surface area contributed by atoms with Gasteiger partial charge in [-0.3, -0.25) is 0 Å². The monoisotopic (exact) mass is 318 g/mol. The summed E-state index contributed by atoms with van der Waals surface area (Å²) in [4.78, 5) is 12.0. The summed E-state index contributed by atoms with van der Waals surface area (Å²) in [6.07, 6.45) is 0. The van der Waals surface area contributed by atoms with Crippen molar-refractivity contribution in [1.82, 2.24) is 0 Å². The molecule has 0 bridgehead atoms. The second kappa shape index (κ2) is 7.52. The summed E-state index contributed by atoms with van der Waals surface area (Å²) in [5, 5.41) is 10.9. The van der Waals surface area contributed by atoms with Crippen molar-refractivity contribution >= 4 is 23.3 Å². The number of carbonyl (C=O) groups excluding carboxylic acids is 1. The van der Waals surface area contributed by atoms with E-state index in [0.29, 0.717) is 16.3 Å². The second-order valence-electron chi connectivity index (χ2n) is 4.32. The van der Waals surface area contributed by atoms with Crippen LogP contribution >= 0.6 is 11.6 Å². The van der Waals surface area contributed by atoms with Crippen LogP contribution in [0.3, 0.4) is 0 Å². The summed E-state index contributed by atoms with van der Waals surface area (Å²) in [6.45, 7) is 1.85. The molecule has 0 amide bonds. The molecule has 0 aliphatic rings. The van der Waals surface area contributed by atoms with Crippen LogP contribution in [0.4, 0.5) is 0 Å². The highest BCUT2D eigenvalue weighted by atomic mass is 35.5. The van der Waals surface area contributed by atoms with E-state index >= 15 is 0 Å². The molecule has 0 aliphatic heterocycles. The van der Waals surface area contributed by atoms with Gasteiger partial charge in [-0.1, -0.05) is 41.9 Å². The molecular formula is C17H15ClO4. The van der Waals surface area contributed by atoms with Gasteiger partial charge in [0.1, 0.15) is 5.75 Å². The zero-order valence-electron chi connectivity index (χ0n) is 12.0. The van der Waals surface area contributed by atoms with E-state index in [1.807, 2.05) is 0 Å². The zero-order chi connectivity index (χ0) is 15.9. The molecule has 4 nitrogen and oxygen atoms in total. The van der Waals surface area contributed by atoms with E-state index in [0.717, 1.165) is 0 Å². The lowest BCUT2D eigenvalue weighted by Gasteiger charge is -2.12. The molecule has 0 heterocycles. The minimum atomic E-state index is -0.737. The van der Waals surface area contributed by atoms with Crippen molar-refractivity contribution in [3.63, 3.8) is 0 Å². The van der Waals surface area contributed by atoms with E-state index in [9.17, 15) is 9.90 Å². The van der Waals surface area contributed by atoms with Crippen LogP contribution in [0.15, 0.2) is 60.4 Å². The number of carbonyl (C=O) groups is 1. The quantitative estimate of drug-likeness (QED) is 0.510. The number of hydrogen-bond donors (Lipinski definition) is 1. The molecule has 0 saturated heterocycles. The lowest BCUT2D eigenvalue weighted by molar-refractivity contribution is -0.141. The number of aliphatic hydroxyl groups is 1. The predicted molar refractivity (Wildman–Crippen MR) is 84.7 cm³/mol. The molecule has 1 N–H and O–H groups in total. The molecule has 22 heavy (non-hydrogen) atoms. The minimum Gasteiger partial charge on any atom is -0.504 e. The van der Waals surface area contributed by atoms with E-state index in [1.54, 1.807) is 61.5 Å². The summed E-state index contributed by atoms with van der Waals surface area (Å²) in [7, 11) is 0. The molecule has 0 spiro atoms. The molecule has 2 aromatic rings. The van der Waals surface area contributed by atoms with Crippen LogP contribution in [0.25, 0.3) is 5.76 Å². The average Bonchev–Trinajstić information content (AvgIpc) is 2.54. The molecular weight excluding hydrogens is 304 g/mol. The Hall–Kier alpha value is -2.46. The van der Waals surface area contributed by atoms with Crippen molar-refractivity contribution in [2.45, 2.75) is 6.92 Å². The number of ether oxygens (including phenoxy) is 2. The number of rotatable bonds is 5. The Kier molecular flexibility index (Phi) is 5.44. The predicted octanol–water partition coefficient (Wildman–Crippen LogP) is 4.21. The van der Waals surface area contributed by atoms with Gasteiger partial charge in [0.2, 0.25) is 0 Å². The fraction of sp³-hybridized carbons (Fsp3) is 0.118. The van der Waals surface area contributed by atoms with Gasteiger partial charge in [0, 0.05) is 10.6 Å². The fourth-order valence-electron chi connectivity index (χ4n) is 1.73. The van der Waals surface area contributed by atoms with E-state index in [4.69, 9.17) is 21.1 Å². The lowest BCUT2D eigenvalue weighted by Crippen LogP contribution is -2.15. The van der Waals surface area contributed by atoms with Gasteiger partial charge in [0.25, 0.3) is 5.76 Å². The van der Waals surface area contributed by atoms with Crippen LogP contribution < -0.4 is 4.74 Å². The summed E-state index contributed by atoms with van der Waals surface area (Å²) in [5.41, 5.74) is 0.458. The number of esters is 1. The highest BCUT2D eigenvalue weighted by Crippen LogP contribution is 2.23. The van der Waals surface area contributed by atoms with Crippen LogP contribution in [0.1, 0.15) is 12.5 Å². The normalized spacial score (nSPS) is 11.5. The Balaban J connectivity index is 2.38. The maximum absolute atomic E-state index is 12.0. The number of hydrogen-bond acceptors (Lipinski definition) is 4. The Morgan fingerprint density at radius 2 is 1.73 bits per heavy atom. The van der Waals surface area contributed by atoms with Crippen LogP contribution in [0.2, 0.25) is 5.02 Å². The Bertz CT molecular complexity index is 663. The van der Waals surface area contributed by atoms with Crippen molar-refractivity contribution in [3.8, 4) is 5.75 Å². The molecule has 5 heteroatoms. The van der Waals surface area contributed by atoms with Gasteiger partial charge < -0.3 is 14.6 Å². The smallest absolute Gasteiger partial charge is 0.378 e. The van der Waals surface area contributed by atoms with Crippen LogP contribution in [0.5, 0.6) is 5.75 Å². The summed E-state index contributed by atoms with van der Waals surface area (Å²) in [5.74, 6) is -0.918. The summed E-state index contributed by atoms with van der Waals surface area (Å²) < 4.78 is 10.4. The molecule has 0 radical (unpaired) electrons. The molecule has 2 rings (SSSR count). The van der Waals surface area contributed by atoms with E-state index < -0.39 is 5.97 Å². The minimum absolute atomic E-state index is 0.175. The number of benzene rings is 2. The van der Waals surface area contributed by atoms with Crippen molar-refractivity contribution in [2.75, 3.05) is 6.61 Å². The number of halogens is 1. The van der Waals surface area contributed by atoms with Crippen molar-refractivity contribution in [3.05, 3.63) is 70.9 Å². The molecule has 0 aliphatic carbocycles. The molecule has 0 saturated carbocycles. The summed E-state index contributed by atoms with van der Waals surface area (Å²) >= 11 is 5.81. The van der Waals surface area contributed by atoms with Gasteiger partial charge in [-0.05, 0) is 31.2 Å². The van der Waals surface area contributed by atoms with Gasteiger partial charge in [-0.15, -0.1) is 0 Å². The van der Waals surface area contributed by atoms with Crippen molar-refractivity contribution < 1.29 is 19.4 Å². The SMILES string of the molecule is CCOC(=O)/C(Oc1ccc(Cl)cc1)=C(/O)c1ccccc1. The average molecular weight is 319 g/mol. The number of aliphatic hydroxyl groups excluding tert-OH is 1. The first-order valence-electron chi connectivity index (χ1n) is 6.71. The second-order valence-corrected chi connectivity index (χ2v) is 4.76. The highest BCUT2D eigenvalue weighted by molar-refractivity contribution is 6.30. The highest BCUT2D eigenvalue weighted by Gasteiger charge is 2.20. The first-order chi connectivity index (χ1) is 10.6. The van der Waals surface area contributed by atoms with Gasteiger partial charge in [0.15, 0.2) is 5.76 Å². The zero-order valence-corrected chi connectivity index (χ0v) is 12.7. The van der Waals surface area contributed by atoms with Crippen molar-refractivity contribution in [2.24, 2.45) is 0 Å². The van der Waals surface area contributed by atoms with E-state index in [1.165, 1.54) is 0 Å². The molecule has 0 atom stereocenters. The Morgan fingerprint density at radius 3 is 2.32 bits per heavy atom. The Labute approximate surface area is 133 Å². The first kappa shape index (κ1) is 15.9. The maximum Gasteiger partial charge on any atom is 0.378 e. The molecule has 0 fully saturated rings. The standard InChI is InChI=1S/C17H15ClO4/c1-2-21-17(20)16(15(19)12-6-4-3-5-7-12)22-14-10-8-13(18)9-11-14/h3-11,19H,2H2,1H3/b16-15-. The lowest BCUT2D eigenvalue weighted by atomic mass is 10.1. The first-order valence-corrected chi connectivity index (χ1v) is 7.08. The van der Waals surface area contributed by atoms with Crippen LogP contribution in [-0.2, 0) is 9.53 Å². The third-order valence-corrected chi connectivity index (χ3v) is 3.01. The van der Waals surface area contributed by atoms with Crippen LogP contribution in [0, 0.1) is 0 Å². The van der Waals surface area contributed by atoms with Gasteiger partial charge >= 0.3 is 5.97 Å². The summed E-state index contributed by atoms with van der Waals surface area (Å²) in [6, 6.07) is 15.1. The third-order valence-electron chi connectivity index (χ3n) is 2.76. The van der Waals surface area contributed by atoms with Crippen molar-refractivity contribution in [1.29, 1.82) is 0 Å². The van der Waals surface area contributed by atoms with Gasteiger partial charge in [0.05, 0.1) is 6.61 Å². The molecule has 0 unspecified atom stereocenters. The third kappa shape index (κ3) is 4.02. The Morgan fingerprint density at radius 1 is 1.09 bits per heavy atom. The largest absolute Gasteiger partial charge is 0.504 e. The van der Waals surface area contributed by atoms with Gasteiger partial charge in [-0.2, -0.15) is 0 Å². The molecule has 0 aromatic heterocycles. The van der Waals surface area contributed by atoms with E-state index in [-0.39, 0.29) is 18.1 Å². The van der Waals surface area contributed by atoms with Gasteiger partial charge in [-0.25, -0.2) is 4.79 Å². The van der Waals surface area contributed by atoms with Crippen LogP contribution in [-0.4, -0.2) is 17.7 Å².